The van der Waals surface area contributed by atoms with Crippen LogP contribution < -0.4 is 5.48 Å². The molecule has 0 spiro atoms. The highest BCUT2D eigenvalue weighted by molar-refractivity contribution is 7.86. The highest BCUT2D eigenvalue weighted by Crippen LogP contribution is 2.12. The van der Waals surface area contributed by atoms with E-state index < -0.39 is 10.1 Å². The van der Waals surface area contributed by atoms with Gasteiger partial charge in [0.05, 0.1) is 5.75 Å². The van der Waals surface area contributed by atoms with Gasteiger partial charge in [-0.25, -0.2) is 5.48 Å². The van der Waals surface area contributed by atoms with Crippen LogP contribution in [0.5, 0.6) is 0 Å². The lowest BCUT2D eigenvalue weighted by molar-refractivity contribution is -0.127. The number of hydrogen-bond donors (Lipinski definition) is 1. The summed E-state index contributed by atoms with van der Waals surface area (Å²) in [6, 6.07) is 0. The summed E-state index contributed by atoms with van der Waals surface area (Å²) in [5, 5.41) is 0. The fourth-order valence-electron chi connectivity index (χ4n) is 2.52. The van der Waals surface area contributed by atoms with Crippen LogP contribution in [0.4, 0.5) is 0 Å². The average Bonchev–Trinajstić information content (AvgIpc) is 2.57. The van der Waals surface area contributed by atoms with Gasteiger partial charge >= 0.3 is 0 Å². The number of carbonyl (C=O) groups is 1. The van der Waals surface area contributed by atoms with Crippen molar-refractivity contribution in [2.45, 2.75) is 104 Å². The second-order valence-corrected chi connectivity index (χ2v) is 8.31. The Labute approximate surface area is 149 Å². The standard InChI is InChI=1S/C18H37NO4S/c1-3-5-6-7-8-9-10-11-12-13-14-15-16-17-18(20)19-23-24(21,22)4-2/h3-17H2,1-2H3,(H,19,20). The number of carbonyl (C=O) groups excluding carboxylic acids is 1. The molecule has 0 fully saturated rings. The minimum Gasteiger partial charge on any atom is -0.273 e. The van der Waals surface area contributed by atoms with Crippen LogP contribution in [0, 0.1) is 0 Å². The lowest BCUT2D eigenvalue weighted by atomic mass is 10.0. The predicted octanol–water partition coefficient (Wildman–Crippen LogP) is 4.87. The molecule has 0 saturated carbocycles. The van der Waals surface area contributed by atoms with E-state index >= 15 is 0 Å². The number of nitrogens with one attached hydrogen (secondary N) is 1. The Kier molecular flexibility index (Phi) is 15.5. The van der Waals surface area contributed by atoms with Gasteiger partial charge in [-0.15, -0.1) is 4.28 Å². The molecule has 5 nitrogen and oxygen atoms in total. The molecule has 6 heteroatoms. The highest BCUT2D eigenvalue weighted by atomic mass is 32.2. The molecular formula is C18H37NO4S. The lowest BCUT2D eigenvalue weighted by Crippen LogP contribution is -2.27. The van der Waals surface area contributed by atoms with E-state index in [4.69, 9.17) is 0 Å². The Bertz CT molecular complexity index is 396. The van der Waals surface area contributed by atoms with Crippen molar-refractivity contribution in [3.05, 3.63) is 0 Å². The molecular weight excluding hydrogens is 326 g/mol. The zero-order valence-corrected chi connectivity index (χ0v) is 16.5. The summed E-state index contributed by atoms with van der Waals surface area (Å²) in [5.74, 6) is -0.512. The normalized spacial score (nSPS) is 11.6. The molecule has 0 atom stereocenters. The minimum atomic E-state index is -3.60. The van der Waals surface area contributed by atoms with Gasteiger partial charge in [-0.3, -0.25) is 4.79 Å². The zero-order chi connectivity index (χ0) is 18.1. The van der Waals surface area contributed by atoms with E-state index in [1.165, 1.54) is 71.1 Å². The summed E-state index contributed by atoms with van der Waals surface area (Å²) in [6.07, 6.45) is 16.6. The molecule has 24 heavy (non-hydrogen) atoms. The molecule has 0 aromatic heterocycles. The number of rotatable bonds is 17. The van der Waals surface area contributed by atoms with E-state index in [1.54, 1.807) is 0 Å². The van der Waals surface area contributed by atoms with Crippen molar-refractivity contribution in [3.63, 3.8) is 0 Å². The van der Waals surface area contributed by atoms with E-state index in [9.17, 15) is 13.2 Å². The predicted molar refractivity (Wildman–Crippen MR) is 99.0 cm³/mol. The Balaban J connectivity index is 3.26. The molecule has 144 valence electrons. The molecule has 0 unspecified atom stereocenters. The maximum atomic E-state index is 11.4. The largest absolute Gasteiger partial charge is 0.287 e. The maximum absolute atomic E-state index is 11.4. The van der Waals surface area contributed by atoms with E-state index in [2.05, 4.69) is 11.2 Å². The molecule has 0 saturated heterocycles. The third-order valence-electron chi connectivity index (χ3n) is 4.14. The Hall–Kier alpha value is -0.620. The molecule has 0 rings (SSSR count). The second kappa shape index (κ2) is 15.9. The molecule has 0 aromatic carbocycles. The third-order valence-corrected chi connectivity index (χ3v) is 5.19. The number of unbranched alkanes of at least 4 members (excludes halogenated alkanes) is 12. The fraction of sp³-hybridized carbons (Fsp3) is 0.944. The maximum Gasteiger partial charge on any atom is 0.287 e. The SMILES string of the molecule is CCCCCCCCCCCCCCCC(=O)NOS(=O)(=O)CC. The van der Waals surface area contributed by atoms with Crippen LogP contribution in [0.2, 0.25) is 0 Å². The quantitative estimate of drug-likeness (QED) is 0.296. The van der Waals surface area contributed by atoms with Gasteiger partial charge in [0.25, 0.3) is 10.1 Å². The van der Waals surface area contributed by atoms with E-state index in [0.29, 0.717) is 6.42 Å². The molecule has 0 aliphatic heterocycles. The first-order valence-electron chi connectivity index (χ1n) is 9.71. The molecule has 1 N–H and O–H groups in total. The van der Waals surface area contributed by atoms with Crippen molar-refractivity contribution in [1.29, 1.82) is 0 Å². The Morgan fingerprint density at radius 2 is 1.17 bits per heavy atom. The highest BCUT2D eigenvalue weighted by Gasteiger charge is 2.10. The summed E-state index contributed by atoms with van der Waals surface area (Å²) in [5.41, 5.74) is 1.99. The van der Waals surface area contributed by atoms with Gasteiger partial charge in [0.1, 0.15) is 0 Å². The molecule has 0 aromatic rings. The Morgan fingerprint density at radius 3 is 1.58 bits per heavy atom. The van der Waals surface area contributed by atoms with Gasteiger partial charge in [-0.05, 0) is 13.3 Å². The summed E-state index contributed by atoms with van der Waals surface area (Å²) in [7, 11) is -3.60. The van der Waals surface area contributed by atoms with Crippen molar-refractivity contribution in [1.82, 2.24) is 5.48 Å². The molecule has 1 amide bonds. The van der Waals surface area contributed by atoms with Gasteiger partial charge in [-0.1, -0.05) is 84.0 Å². The molecule has 0 aliphatic rings. The van der Waals surface area contributed by atoms with Crippen molar-refractivity contribution in [3.8, 4) is 0 Å². The summed E-state index contributed by atoms with van der Waals surface area (Å²) < 4.78 is 26.5. The lowest BCUT2D eigenvalue weighted by Gasteiger charge is -2.05. The summed E-state index contributed by atoms with van der Waals surface area (Å²) in [4.78, 5) is 11.4. The van der Waals surface area contributed by atoms with Crippen LogP contribution in [-0.4, -0.2) is 20.1 Å². The van der Waals surface area contributed by atoms with Crippen LogP contribution in [0.25, 0.3) is 0 Å². The first-order chi connectivity index (χ1) is 11.5. The monoisotopic (exact) mass is 363 g/mol. The van der Waals surface area contributed by atoms with Gasteiger partial charge in [0.15, 0.2) is 0 Å². The molecule has 0 radical (unpaired) electrons. The van der Waals surface area contributed by atoms with Crippen LogP contribution in [-0.2, 0) is 19.2 Å². The van der Waals surface area contributed by atoms with Crippen molar-refractivity contribution in [2.75, 3.05) is 5.75 Å². The smallest absolute Gasteiger partial charge is 0.273 e. The molecule has 0 bridgehead atoms. The molecule has 0 aliphatic carbocycles. The fourth-order valence-corrected chi connectivity index (χ4v) is 2.86. The van der Waals surface area contributed by atoms with Gasteiger partial charge in [0.2, 0.25) is 5.91 Å². The number of hydrogen-bond acceptors (Lipinski definition) is 4. The van der Waals surface area contributed by atoms with Crippen molar-refractivity contribution >= 4 is 16.0 Å². The van der Waals surface area contributed by atoms with Crippen LogP contribution >= 0.6 is 0 Å². The van der Waals surface area contributed by atoms with E-state index in [0.717, 1.165) is 19.3 Å². The summed E-state index contributed by atoms with van der Waals surface area (Å²) >= 11 is 0. The van der Waals surface area contributed by atoms with Crippen molar-refractivity contribution in [2.24, 2.45) is 0 Å². The third kappa shape index (κ3) is 16.2. The number of hydroxylamine groups is 1. The topological polar surface area (TPSA) is 72.5 Å². The van der Waals surface area contributed by atoms with Gasteiger partial charge in [-0.2, -0.15) is 8.42 Å². The zero-order valence-electron chi connectivity index (χ0n) is 15.6. The second-order valence-electron chi connectivity index (χ2n) is 6.45. The first-order valence-corrected chi connectivity index (χ1v) is 11.3. The van der Waals surface area contributed by atoms with E-state index in [-0.39, 0.29) is 11.7 Å². The number of amides is 1. The minimum absolute atomic E-state index is 0.147. The van der Waals surface area contributed by atoms with E-state index in [1.807, 2.05) is 5.48 Å². The van der Waals surface area contributed by atoms with Crippen LogP contribution in [0.1, 0.15) is 104 Å². The average molecular weight is 364 g/mol. The van der Waals surface area contributed by atoms with Crippen molar-refractivity contribution < 1.29 is 17.5 Å². The Morgan fingerprint density at radius 1 is 0.750 bits per heavy atom. The summed E-state index contributed by atoms with van der Waals surface area (Å²) in [6.45, 7) is 3.71. The first kappa shape index (κ1) is 23.4. The van der Waals surface area contributed by atoms with Gasteiger partial charge in [0, 0.05) is 6.42 Å². The van der Waals surface area contributed by atoms with Gasteiger partial charge < -0.3 is 0 Å². The molecule has 0 heterocycles. The van der Waals surface area contributed by atoms with Crippen LogP contribution in [0.3, 0.4) is 0 Å². The van der Waals surface area contributed by atoms with Crippen LogP contribution in [0.15, 0.2) is 0 Å².